The fourth-order valence-corrected chi connectivity index (χ4v) is 4.02. The summed E-state index contributed by atoms with van der Waals surface area (Å²) in [4.78, 5) is 23.1. The molecule has 2 amide bonds. The molecule has 1 unspecified atom stereocenters. The molecule has 0 aliphatic carbocycles. The molecular weight excluding hydrogens is 338 g/mol. The van der Waals surface area contributed by atoms with Crippen LogP contribution in [0, 0.1) is 11.8 Å². The Morgan fingerprint density at radius 2 is 2.36 bits per heavy atom. The Bertz CT molecular complexity index is 1010. The van der Waals surface area contributed by atoms with Crippen molar-refractivity contribution in [3.05, 3.63) is 18.5 Å². The number of hydrogen-bond acceptors (Lipinski definition) is 5. The molecule has 0 spiro atoms. The third-order valence-electron chi connectivity index (χ3n) is 4.16. The number of carbonyl (C=O) groups is 1. The number of nitrogens with zero attached hydrogens (tertiary/aromatic N) is 4. The minimum Gasteiger partial charge on any atom is -0.383 e. The number of amides is 2. The van der Waals surface area contributed by atoms with Crippen molar-refractivity contribution >= 4 is 43.7 Å². The third kappa shape index (κ3) is 2.62. The Labute approximate surface area is 148 Å². The molecule has 1 aromatic carbocycles. The summed E-state index contributed by atoms with van der Waals surface area (Å²) in [6.07, 6.45) is 1.80. The van der Waals surface area contributed by atoms with E-state index in [4.69, 9.17) is 9.72 Å². The van der Waals surface area contributed by atoms with E-state index in [2.05, 4.69) is 22.1 Å². The van der Waals surface area contributed by atoms with Crippen LogP contribution >= 0.6 is 11.3 Å². The summed E-state index contributed by atoms with van der Waals surface area (Å²) in [7, 11) is 1.68. The summed E-state index contributed by atoms with van der Waals surface area (Å²) in [6.45, 7) is 3.59. The van der Waals surface area contributed by atoms with Gasteiger partial charge >= 0.3 is 6.03 Å². The molecule has 3 heterocycles. The van der Waals surface area contributed by atoms with Gasteiger partial charge in [-0.25, -0.2) is 14.8 Å². The van der Waals surface area contributed by atoms with E-state index < -0.39 is 0 Å². The van der Waals surface area contributed by atoms with E-state index in [0.717, 1.165) is 21.3 Å². The number of fused-ring (bicyclic) bond motifs is 3. The van der Waals surface area contributed by atoms with Gasteiger partial charge in [-0.15, -0.1) is 5.92 Å². The lowest BCUT2D eigenvalue weighted by Gasteiger charge is -2.14. The smallest absolute Gasteiger partial charge is 0.324 e. The average molecular weight is 355 g/mol. The van der Waals surface area contributed by atoms with Crippen LogP contribution < -0.4 is 10.2 Å². The first-order valence-corrected chi connectivity index (χ1v) is 8.77. The summed E-state index contributed by atoms with van der Waals surface area (Å²) in [5.41, 5.74) is 2.71. The number of thiazole rings is 1. The minimum atomic E-state index is -0.188. The van der Waals surface area contributed by atoms with Crippen LogP contribution in [0.15, 0.2) is 18.5 Å². The number of ether oxygens (including phenoxy) is 1. The van der Waals surface area contributed by atoms with Crippen LogP contribution in [0.5, 0.6) is 0 Å². The van der Waals surface area contributed by atoms with Crippen LogP contribution in [0.2, 0.25) is 0 Å². The molecule has 1 atom stereocenters. The standard InChI is InChI=1S/C17H17N5O2S/c1-3-4-11-9-18-16(23)22(11)17-20-14-13(25-17)6-5-12-15(14)21(10-19-12)7-8-24-2/h5-6,10-11H,7-9H2,1-2H3,(H,18,23). The lowest BCUT2D eigenvalue weighted by Crippen LogP contribution is -2.33. The SMILES string of the molecule is CC#CC1CNC(=O)N1c1nc2c(ccc3ncn(CCOC)c32)s1. The molecule has 1 N–H and O–H groups in total. The van der Waals surface area contributed by atoms with Gasteiger partial charge in [-0.05, 0) is 19.1 Å². The minimum absolute atomic E-state index is 0.157. The van der Waals surface area contributed by atoms with Gasteiger partial charge in [0.05, 0.1) is 35.2 Å². The van der Waals surface area contributed by atoms with Crippen LogP contribution in [-0.4, -0.2) is 46.9 Å². The predicted molar refractivity (Wildman–Crippen MR) is 97.9 cm³/mol. The number of anilines is 1. The van der Waals surface area contributed by atoms with Gasteiger partial charge in [0.1, 0.15) is 11.6 Å². The number of carbonyl (C=O) groups excluding carboxylic acids is 1. The molecule has 0 radical (unpaired) electrons. The first-order valence-electron chi connectivity index (χ1n) is 7.95. The number of benzene rings is 1. The molecule has 1 fully saturated rings. The summed E-state index contributed by atoms with van der Waals surface area (Å²) < 4.78 is 8.23. The first-order chi connectivity index (χ1) is 12.2. The van der Waals surface area contributed by atoms with Crippen LogP contribution in [0.25, 0.3) is 21.3 Å². The van der Waals surface area contributed by atoms with Crippen molar-refractivity contribution in [2.45, 2.75) is 19.5 Å². The van der Waals surface area contributed by atoms with Crippen LogP contribution in [0.1, 0.15) is 6.92 Å². The zero-order valence-corrected chi connectivity index (χ0v) is 14.8. The topological polar surface area (TPSA) is 72.3 Å². The Morgan fingerprint density at radius 1 is 1.48 bits per heavy atom. The van der Waals surface area contributed by atoms with Gasteiger partial charge in [-0.2, -0.15) is 0 Å². The highest BCUT2D eigenvalue weighted by Crippen LogP contribution is 2.34. The number of methoxy groups -OCH3 is 1. The highest BCUT2D eigenvalue weighted by molar-refractivity contribution is 7.22. The summed E-state index contributed by atoms with van der Waals surface area (Å²) in [6, 6.07) is 3.64. The molecule has 4 rings (SSSR count). The van der Waals surface area contributed by atoms with Gasteiger partial charge < -0.3 is 14.6 Å². The molecule has 128 valence electrons. The highest BCUT2D eigenvalue weighted by atomic mass is 32.1. The normalized spacial score (nSPS) is 17.1. The maximum absolute atomic E-state index is 12.2. The number of nitrogens with one attached hydrogen (secondary N) is 1. The second-order valence-electron chi connectivity index (χ2n) is 5.67. The predicted octanol–water partition coefficient (Wildman–Crippen LogP) is 2.21. The summed E-state index contributed by atoms with van der Waals surface area (Å²) >= 11 is 1.49. The van der Waals surface area contributed by atoms with Crippen molar-refractivity contribution in [3.8, 4) is 11.8 Å². The maximum atomic E-state index is 12.2. The molecular formula is C17H17N5O2S. The molecule has 1 aliphatic rings. The summed E-state index contributed by atoms with van der Waals surface area (Å²) in [5.74, 6) is 5.95. The van der Waals surface area contributed by atoms with E-state index in [0.29, 0.717) is 24.8 Å². The van der Waals surface area contributed by atoms with Gasteiger partial charge in [0.2, 0.25) is 0 Å². The van der Waals surface area contributed by atoms with Crippen molar-refractivity contribution in [2.24, 2.45) is 0 Å². The molecule has 8 heteroatoms. The zero-order chi connectivity index (χ0) is 17.4. The molecule has 25 heavy (non-hydrogen) atoms. The molecule has 1 aliphatic heterocycles. The lowest BCUT2D eigenvalue weighted by molar-refractivity contribution is 0.188. The van der Waals surface area contributed by atoms with E-state index >= 15 is 0 Å². The van der Waals surface area contributed by atoms with Crippen molar-refractivity contribution in [1.82, 2.24) is 19.9 Å². The van der Waals surface area contributed by atoms with Gasteiger partial charge in [-0.1, -0.05) is 17.3 Å². The van der Waals surface area contributed by atoms with E-state index in [1.807, 2.05) is 16.7 Å². The molecule has 0 saturated carbocycles. The van der Waals surface area contributed by atoms with Crippen molar-refractivity contribution in [2.75, 3.05) is 25.2 Å². The Balaban J connectivity index is 1.84. The number of hydrogen-bond donors (Lipinski definition) is 1. The van der Waals surface area contributed by atoms with Crippen LogP contribution in [0.4, 0.5) is 9.93 Å². The number of rotatable bonds is 4. The number of imidazole rings is 1. The second kappa shape index (κ2) is 6.35. The number of urea groups is 1. The summed E-state index contributed by atoms with van der Waals surface area (Å²) in [5, 5.41) is 3.49. The fourth-order valence-electron chi connectivity index (χ4n) is 3.00. The quantitative estimate of drug-likeness (QED) is 0.729. The van der Waals surface area contributed by atoms with Gasteiger partial charge in [0.25, 0.3) is 0 Å². The third-order valence-corrected chi connectivity index (χ3v) is 5.18. The molecule has 7 nitrogen and oxygen atoms in total. The van der Waals surface area contributed by atoms with Crippen LogP contribution in [0.3, 0.4) is 0 Å². The maximum Gasteiger partial charge on any atom is 0.324 e. The highest BCUT2D eigenvalue weighted by Gasteiger charge is 2.33. The Morgan fingerprint density at radius 3 is 3.16 bits per heavy atom. The largest absolute Gasteiger partial charge is 0.383 e. The van der Waals surface area contributed by atoms with Crippen molar-refractivity contribution in [3.63, 3.8) is 0 Å². The van der Waals surface area contributed by atoms with Crippen molar-refractivity contribution in [1.29, 1.82) is 0 Å². The monoisotopic (exact) mass is 355 g/mol. The fraction of sp³-hybridized carbons (Fsp3) is 0.353. The first kappa shape index (κ1) is 15.9. The Kier molecular flexibility index (Phi) is 4.03. The lowest BCUT2D eigenvalue weighted by atomic mass is 10.3. The van der Waals surface area contributed by atoms with Gasteiger partial charge in [0, 0.05) is 13.7 Å². The van der Waals surface area contributed by atoms with Gasteiger partial charge in [-0.3, -0.25) is 4.90 Å². The Hall–Kier alpha value is -2.63. The molecule has 3 aromatic rings. The number of aromatic nitrogens is 3. The zero-order valence-electron chi connectivity index (χ0n) is 13.9. The van der Waals surface area contributed by atoms with E-state index in [9.17, 15) is 4.79 Å². The van der Waals surface area contributed by atoms with E-state index in [1.54, 1.807) is 25.3 Å². The molecule has 1 saturated heterocycles. The average Bonchev–Trinajstić information content (AvgIpc) is 3.29. The van der Waals surface area contributed by atoms with E-state index in [-0.39, 0.29) is 12.1 Å². The second-order valence-corrected chi connectivity index (χ2v) is 6.68. The van der Waals surface area contributed by atoms with Gasteiger partial charge in [0.15, 0.2) is 5.13 Å². The molecule has 0 bridgehead atoms. The van der Waals surface area contributed by atoms with Crippen LogP contribution in [-0.2, 0) is 11.3 Å². The molecule has 2 aromatic heterocycles. The van der Waals surface area contributed by atoms with E-state index in [1.165, 1.54) is 11.3 Å². The van der Waals surface area contributed by atoms with Crippen molar-refractivity contribution < 1.29 is 9.53 Å².